The van der Waals surface area contributed by atoms with Gasteiger partial charge in [-0.25, -0.2) is 4.98 Å². The van der Waals surface area contributed by atoms with Gasteiger partial charge in [0.25, 0.3) is 5.56 Å². The molecule has 0 aliphatic heterocycles. The highest BCUT2D eigenvalue weighted by atomic mass is 127. The summed E-state index contributed by atoms with van der Waals surface area (Å²) in [5.41, 5.74) is 3.52. The van der Waals surface area contributed by atoms with Gasteiger partial charge in [0, 0.05) is 15.5 Å². The molecule has 0 aliphatic carbocycles. The molecule has 4 rings (SSSR count). The van der Waals surface area contributed by atoms with E-state index in [1.54, 1.807) is 13.1 Å². The molecule has 0 saturated heterocycles. The summed E-state index contributed by atoms with van der Waals surface area (Å²) in [6.07, 6.45) is 1.66. The molecule has 0 unspecified atom stereocenters. The number of nitrogens with zero attached hydrogens (tertiary/aromatic N) is 3. The zero-order valence-electron chi connectivity index (χ0n) is 13.8. The molecule has 0 bridgehead atoms. The van der Waals surface area contributed by atoms with Crippen LogP contribution in [-0.2, 0) is 0 Å². The molecule has 0 saturated carbocycles. The van der Waals surface area contributed by atoms with Crippen molar-refractivity contribution < 1.29 is 0 Å². The zero-order valence-corrected chi connectivity index (χ0v) is 16.0. The number of anilines is 1. The van der Waals surface area contributed by atoms with Crippen LogP contribution in [-0.4, -0.2) is 9.38 Å². The number of imidazole rings is 1. The number of pyridine rings is 1. The van der Waals surface area contributed by atoms with Crippen LogP contribution in [0.4, 0.5) is 5.69 Å². The molecule has 6 heteroatoms. The summed E-state index contributed by atoms with van der Waals surface area (Å²) in [5, 5.41) is 13.2. The average Bonchev–Trinajstić information content (AvgIpc) is 3.03. The van der Waals surface area contributed by atoms with Crippen LogP contribution in [0.15, 0.2) is 53.3 Å². The van der Waals surface area contributed by atoms with Crippen molar-refractivity contribution in [1.82, 2.24) is 9.38 Å². The van der Waals surface area contributed by atoms with E-state index in [4.69, 9.17) is 0 Å². The first kappa shape index (κ1) is 16.5. The van der Waals surface area contributed by atoms with E-state index in [1.165, 1.54) is 4.40 Å². The molecule has 0 aliphatic rings. The number of halogens is 1. The van der Waals surface area contributed by atoms with Gasteiger partial charge >= 0.3 is 0 Å². The van der Waals surface area contributed by atoms with Gasteiger partial charge in [-0.05, 0) is 71.5 Å². The number of nitrogens with one attached hydrogen (secondary N) is 1. The Bertz CT molecular complexity index is 1300. The van der Waals surface area contributed by atoms with E-state index < -0.39 is 0 Å². The van der Waals surface area contributed by atoms with Crippen molar-refractivity contribution in [3.05, 3.63) is 78.8 Å². The van der Waals surface area contributed by atoms with Crippen LogP contribution in [0.25, 0.3) is 22.9 Å². The third kappa shape index (κ3) is 2.61. The minimum absolute atomic E-state index is 0.191. The van der Waals surface area contributed by atoms with Gasteiger partial charge in [-0.2, -0.15) is 5.26 Å². The fourth-order valence-corrected chi connectivity index (χ4v) is 3.35. The molecule has 0 radical (unpaired) electrons. The quantitative estimate of drug-likeness (QED) is 0.475. The van der Waals surface area contributed by atoms with Crippen molar-refractivity contribution in [3.63, 3.8) is 0 Å². The van der Waals surface area contributed by atoms with Gasteiger partial charge in [-0.15, -0.1) is 0 Å². The number of nitriles is 1. The van der Waals surface area contributed by atoms with Crippen LogP contribution >= 0.6 is 22.6 Å². The maximum Gasteiger partial charge on any atom is 0.265 e. The molecule has 2 aromatic carbocycles. The number of benzene rings is 2. The summed E-state index contributed by atoms with van der Waals surface area (Å²) in [4.78, 5) is 17.6. The molecular weight excluding hydrogens is 439 g/mol. The van der Waals surface area contributed by atoms with E-state index in [0.717, 1.165) is 9.26 Å². The summed E-state index contributed by atoms with van der Waals surface area (Å²) in [7, 11) is 0. The third-order valence-electron chi connectivity index (χ3n) is 4.34. The lowest BCUT2D eigenvalue weighted by Crippen LogP contribution is -2.34. The highest BCUT2D eigenvalue weighted by Crippen LogP contribution is 2.17. The van der Waals surface area contributed by atoms with E-state index in [2.05, 4.69) is 39.0 Å². The second kappa shape index (κ2) is 6.42. The van der Waals surface area contributed by atoms with E-state index >= 15 is 0 Å². The molecule has 0 spiro atoms. The fourth-order valence-electron chi connectivity index (χ4n) is 2.99. The van der Waals surface area contributed by atoms with Crippen LogP contribution in [0.2, 0.25) is 0 Å². The van der Waals surface area contributed by atoms with E-state index in [-0.39, 0.29) is 5.56 Å². The zero-order chi connectivity index (χ0) is 18.3. The smallest absolute Gasteiger partial charge is 0.265 e. The first-order chi connectivity index (χ1) is 12.6. The predicted octanol–water partition coefficient (Wildman–Crippen LogP) is 3.20. The maximum atomic E-state index is 13.1. The van der Waals surface area contributed by atoms with Crippen LogP contribution in [0.3, 0.4) is 0 Å². The van der Waals surface area contributed by atoms with Gasteiger partial charge in [-0.3, -0.25) is 9.20 Å². The van der Waals surface area contributed by atoms with Crippen molar-refractivity contribution in [1.29, 1.82) is 5.26 Å². The Hall–Kier alpha value is -2.92. The van der Waals surface area contributed by atoms with Crippen molar-refractivity contribution in [3.8, 4) is 6.07 Å². The number of hydrogen-bond acceptors (Lipinski definition) is 4. The number of hydrogen-bond donors (Lipinski definition) is 1. The van der Waals surface area contributed by atoms with Gasteiger partial charge in [-0.1, -0.05) is 12.1 Å². The van der Waals surface area contributed by atoms with Crippen molar-refractivity contribution in [2.24, 2.45) is 0 Å². The second-order valence-electron chi connectivity index (χ2n) is 5.89. The Morgan fingerprint density at radius 1 is 1.19 bits per heavy atom. The summed E-state index contributed by atoms with van der Waals surface area (Å²) >= 11 is 2.24. The fraction of sp³-hybridized carbons (Fsp3) is 0.0500. The first-order valence-corrected chi connectivity index (χ1v) is 9.04. The molecule has 1 N–H and O–H groups in total. The Morgan fingerprint density at radius 2 is 1.92 bits per heavy atom. The largest absolute Gasteiger partial charge is 0.361 e. The van der Waals surface area contributed by atoms with E-state index in [1.807, 2.05) is 48.5 Å². The molecule has 0 amide bonds. The lowest BCUT2D eigenvalue weighted by atomic mass is 10.1. The van der Waals surface area contributed by atoms with E-state index in [9.17, 15) is 10.1 Å². The lowest BCUT2D eigenvalue weighted by Gasteiger charge is -2.04. The van der Waals surface area contributed by atoms with Crippen LogP contribution < -0.4 is 16.1 Å². The van der Waals surface area contributed by atoms with Crippen LogP contribution in [0.1, 0.15) is 11.1 Å². The number of rotatable bonds is 2. The Labute approximate surface area is 162 Å². The highest BCUT2D eigenvalue weighted by Gasteiger charge is 2.15. The molecule has 2 aromatic heterocycles. The van der Waals surface area contributed by atoms with E-state index in [0.29, 0.717) is 33.0 Å². The summed E-state index contributed by atoms with van der Waals surface area (Å²) in [6.45, 7) is 1.78. The molecule has 26 heavy (non-hydrogen) atoms. The average molecular weight is 452 g/mol. The number of fused-ring (bicyclic) bond motifs is 3. The minimum Gasteiger partial charge on any atom is -0.361 e. The first-order valence-electron chi connectivity index (χ1n) is 7.96. The lowest BCUT2D eigenvalue weighted by molar-refractivity contribution is 1.10. The molecule has 5 nitrogen and oxygen atoms in total. The third-order valence-corrected chi connectivity index (χ3v) is 5.06. The summed E-state index contributed by atoms with van der Waals surface area (Å²) < 4.78 is 2.65. The minimum atomic E-state index is -0.191. The van der Waals surface area contributed by atoms with Gasteiger partial charge in [0.1, 0.15) is 6.07 Å². The predicted molar refractivity (Wildman–Crippen MR) is 111 cm³/mol. The molecule has 0 fully saturated rings. The van der Waals surface area contributed by atoms with Crippen LogP contribution in [0.5, 0.6) is 0 Å². The maximum absolute atomic E-state index is 13.1. The Kier molecular flexibility index (Phi) is 4.09. The number of aromatic nitrogens is 2. The van der Waals surface area contributed by atoms with Gasteiger partial charge in [0.15, 0.2) is 5.65 Å². The molecule has 0 atom stereocenters. The monoisotopic (exact) mass is 452 g/mol. The van der Waals surface area contributed by atoms with Gasteiger partial charge < -0.3 is 5.32 Å². The van der Waals surface area contributed by atoms with Gasteiger partial charge in [0.05, 0.1) is 21.8 Å². The standard InChI is InChI=1S/C20H13IN4O/c1-12-15(10-22)19-24-17-4-2-3-5-18(17)25(19)20(26)16(12)11-23-14-8-6-13(21)7-9-14/h2-9,11,23H,1H3. The summed E-state index contributed by atoms with van der Waals surface area (Å²) in [5.74, 6) is 0. The Balaban J connectivity index is 2.01. The Morgan fingerprint density at radius 3 is 2.65 bits per heavy atom. The van der Waals surface area contributed by atoms with Crippen molar-refractivity contribution >= 4 is 51.2 Å². The van der Waals surface area contributed by atoms with Crippen LogP contribution in [0, 0.1) is 21.8 Å². The van der Waals surface area contributed by atoms with Crippen molar-refractivity contribution in [2.45, 2.75) is 6.92 Å². The summed E-state index contributed by atoms with van der Waals surface area (Å²) in [6, 6.07) is 17.4. The molecule has 2 heterocycles. The topological polar surface area (TPSA) is 70.2 Å². The molecule has 126 valence electrons. The number of para-hydroxylation sites is 2. The van der Waals surface area contributed by atoms with Gasteiger partial charge in [0.2, 0.25) is 0 Å². The normalized spacial score (nSPS) is 11.8. The second-order valence-corrected chi connectivity index (χ2v) is 7.13. The molecule has 4 aromatic rings. The van der Waals surface area contributed by atoms with Crippen molar-refractivity contribution in [2.75, 3.05) is 5.32 Å². The highest BCUT2D eigenvalue weighted by molar-refractivity contribution is 14.1. The molecular formula is C20H13IN4O. The SMILES string of the molecule is Cc1c(C#N)c2nc3ccccc3n2c(=O)c1=CNc1ccc(I)cc1.